The first-order chi connectivity index (χ1) is 9.70. The van der Waals surface area contributed by atoms with E-state index in [0.29, 0.717) is 11.8 Å². The van der Waals surface area contributed by atoms with Crippen molar-refractivity contribution in [1.29, 1.82) is 0 Å². The van der Waals surface area contributed by atoms with Gasteiger partial charge in [-0.25, -0.2) is 0 Å². The normalized spacial score (nSPS) is 17.0. The van der Waals surface area contributed by atoms with Crippen molar-refractivity contribution in [3.8, 4) is 5.75 Å². The van der Waals surface area contributed by atoms with Gasteiger partial charge in [-0.2, -0.15) is 0 Å². The van der Waals surface area contributed by atoms with Gasteiger partial charge in [0.2, 0.25) is 0 Å². The number of anilines is 1. The minimum atomic E-state index is 0.379. The predicted octanol–water partition coefficient (Wildman–Crippen LogP) is 4.21. The summed E-state index contributed by atoms with van der Waals surface area (Å²) < 4.78 is 0. The molecule has 0 aliphatic heterocycles. The number of benzene rings is 2. The SMILES string of the molecule is CCN(c1cccc(C)c1)C1CCc2c(O)cccc21. The van der Waals surface area contributed by atoms with Crippen molar-refractivity contribution in [3.05, 3.63) is 59.2 Å². The van der Waals surface area contributed by atoms with Crippen LogP contribution in [0.5, 0.6) is 5.75 Å². The molecule has 0 spiro atoms. The highest BCUT2D eigenvalue weighted by Crippen LogP contribution is 2.41. The Bertz CT molecular complexity index is 621. The number of hydrogen-bond acceptors (Lipinski definition) is 2. The summed E-state index contributed by atoms with van der Waals surface area (Å²) in [5.74, 6) is 0.449. The van der Waals surface area contributed by atoms with E-state index in [2.05, 4.69) is 49.1 Å². The lowest BCUT2D eigenvalue weighted by Crippen LogP contribution is -2.26. The molecule has 2 aromatic rings. The van der Waals surface area contributed by atoms with Gasteiger partial charge in [-0.05, 0) is 61.6 Å². The van der Waals surface area contributed by atoms with E-state index in [-0.39, 0.29) is 0 Å². The summed E-state index contributed by atoms with van der Waals surface area (Å²) in [7, 11) is 0. The van der Waals surface area contributed by atoms with E-state index in [0.717, 1.165) is 24.9 Å². The molecule has 0 heterocycles. The van der Waals surface area contributed by atoms with Crippen LogP contribution in [0.15, 0.2) is 42.5 Å². The van der Waals surface area contributed by atoms with E-state index in [4.69, 9.17) is 0 Å². The maximum Gasteiger partial charge on any atom is 0.119 e. The third-order valence-electron chi connectivity index (χ3n) is 4.26. The number of phenols is 1. The molecule has 2 nitrogen and oxygen atoms in total. The molecule has 0 bridgehead atoms. The van der Waals surface area contributed by atoms with Crippen molar-refractivity contribution in [2.24, 2.45) is 0 Å². The van der Waals surface area contributed by atoms with Gasteiger partial charge in [-0.3, -0.25) is 0 Å². The molecule has 1 aliphatic carbocycles. The van der Waals surface area contributed by atoms with E-state index in [1.54, 1.807) is 6.07 Å². The Morgan fingerprint density at radius 1 is 1.20 bits per heavy atom. The van der Waals surface area contributed by atoms with Crippen LogP contribution >= 0.6 is 0 Å². The van der Waals surface area contributed by atoms with Crippen LogP contribution < -0.4 is 4.90 Å². The van der Waals surface area contributed by atoms with Crippen molar-refractivity contribution in [1.82, 2.24) is 0 Å². The number of rotatable bonds is 3. The lowest BCUT2D eigenvalue weighted by Gasteiger charge is -2.31. The van der Waals surface area contributed by atoms with Crippen LogP contribution in [0.3, 0.4) is 0 Å². The van der Waals surface area contributed by atoms with E-state index < -0.39 is 0 Å². The number of aryl methyl sites for hydroxylation is 1. The first-order valence-electron chi connectivity index (χ1n) is 7.34. The van der Waals surface area contributed by atoms with E-state index in [1.807, 2.05) is 6.07 Å². The number of fused-ring (bicyclic) bond motifs is 1. The zero-order valence-electron chi connectivity index (χ0n) is 12.1. The second-order valence-corrected chi connectivity index (χ2v) is 5.52. The van der Waals surface area contributed by atoms with Crippen LogP contribution in [-0.2, 0) is 6.42 Å². The molecule has 1 unspecified atom stereocenters. The predicted molar refractivity (Wildman–Crippen MR) is 83.4 cm³/mol. The molecule has 0 radical (unpaired) electrons. The Balaban J connectivity index is 1.99. The minimum Gasteiger partial charge on any atom is -0.508 e. The Morgan fingerprint density at radius 2 is 2.00 bits per heavy atom. The molecule has 1 N–H and O–H groups in total. The molecule has 2 heteroatoms. The Labute approximate surface area is 120 Å². The number of hydrogen-bond donors (Lipinski definition) is 1. The monoisotopic (exact) mass is 267 g/mol. The van der Waals surface area contributed by atoms with Crippen LogP contribution in [0.4, 0.5) is 5.69 Å². The highest BCUT2D eigenvalue weighted by Gasteiger charge is 2.29. The quantitative estimate of drug-likeness (QED) is 0.900. The van der Waals surface area contributed by atoms with Gasteiger partial charge in [0.25, 0.3) is 0 Å². The smallest absolute Gasteiger partial charge is 0.119 e. The molecule has 20 heavy (non-hydrogen) atoms. The van der Waals surface area contributed by atoms with Gasteiger partial charge < -0.3 is 10.0 Å². The van der Waals surface area contributed by atoms with Gasteiger partial charge in [0.1, 0.15) is 5.75 Å². The zero-order chi connectivity index (χ0) is 14.1. The van der Waals surface area contributed by atoms with E-state index >= 15 is 0 Å². The highest BCUT2D eigenvalue weighted by molar-refractivity contribution is 5.54. The first-order valence-corrected chi connectivity index (χ1v) is 7.34. The van der Waals surface area contributed by atoms with Crippen molar-refractivity contribution < 1.29 is 5.11 Å². The van der Waals surface area contributed by atoms with E-state index in [9.17, 15) is 5.11 Å². The van der Waals surface area contributed by atoms with Gasteiger partial charge in [0.05, 0.1) is 6.04 Å². The molecule has 2 aromatic carbocycles. The standard InChI is InChI=1S/C18H21NO/c1-3-19(14-7-4-6-13(2)12-14)17-11-10-16-15(17)8-5-9-18(16)20/h4-9,12,17,20H,3,10-11H2,1-2H3. The van der Waals surface area contributed by atoms with Crippen molar-refractivity contribution >= 4 is 5.69 Å². The van der Waals surface area contributed by atoms with Gasteiger partial charge in [-0.15, -0.1) is 0 Å². The van der Waals surface area contributed by atoms with Crippen LogP contribution in [0.1, 0.15) is 36.1 Å². The number of phenolic OH excluding ortho intramolecular Hbond substituents is 1. The fourth-order valence-electron chi connectivity index (χ4n) is 3.33. The molecule has 0 amide bonds. The molecule has 0 fully saturated rings. The molecular weight excluding hydrogens is 246 g/mol. The molecule has 0 aromatic heterocycles. The Kier molecular flexibility index (Phi) is 3.39. The summed E-state index contributed by atoms with van der Waals surface area (Å²) >= 11 is 0. The maximum absolute atomic E-state index is 10.00. The van der Waals surface area contributed by atoms with Crippen molar-refractivity contribution in [3.63, 3.8) is 0 Å². The van der Waals surface area contributed by atoms with Crippen LogP contribution in [0.25, 0.3) is 0 Å². The van der Waals surface area contributed by atoms with Crippen LogP contribution in [0.2, 0.25) is 0 Å². The molecular formula is C18H21NO. The van der Waals surface area contributed by atoms with Gasteiger partial charge in [0, 0.05) is 12.2 Å². The fourth-order valence-corrected chi connectivity index (χ4v) is 3.33. The lowest BCUT2D eigenvalue weighted by molar-refractivity contribution is 0.469. The molecule has 3 rings (SSSR count). The molecule has 1 aliphatic rings. The topological polar surface area (TPSA) is 23.5 Å². The highest BCUT2D eigenvalue weighted by atomic mass is 16.3. The Morgan fingerprint density at radius 3 is 2.75 bits per heavy atom. The number of aromatic hydroxyl groups is 1. The summed E-state index contributed by atoms with van der Waals surface area (Å²) in [4.78, 5) is 2.44. The minimum absolute atomic E-state index is 0.379. The summed E-state index contributed by atoms with van der Waals surface area (Å²) in [6.45, 7) is 5.30. The molecule has 0 saturated heterocycles. The summed E-state index contributed by atoms with van der Waals surface area (Å²) in [6.07, 6.45) is 2.05. The van der Waals surface area contributed by atoms with Crippen molar-refractivity contribution in [2.45, 2.75) is 32.7 Å². The second kappa shape index (κ2) is 5.20. The van der Waals surface area contributed by atoms with Crippen LogP contribution in [0, 0.1) is 6.92 Å². The van der Waals surface area contributed by atoms with Gasteiger partial charge >= 0.3 is 0 Å². The second-order valence-electron chi connectivity index (χ2n) is 5.52. The molecule has 104 valence electrons. The molecule has 1 atom stereocenters. The van der Waals surface area contributed by atoms with Gasteiger partial charge in [0.15, 0.2) is 0 Å². The molecule has 0 saturated carbocycles. The summed E-state index contributed by atoms with van der Waals surface area (Å²) in [5, 5.41) is 10.00. The lowest BCUT2D eigenvalue weighted by atomic mass is 10.0. The zero-order valence-corrected chi connectivity index (χ0v) is 12.1. The summed E-state index contributed by atoms with van der Waals surface area (Å²) in [5.41, 5.74) is 4.97. The average Bonchev–Trinajstić information content (AvgIpc) is 2.86. The van der Waals surface area contributed by atoms with Crippen LogP contribution in [-0.4, -0.2) is 11.7 Å². The van der Waals surface area contributed by atoms with Crippen molar-refractivity contribution in [2.75, 3.05) is 11.4 Å². The summed E-state index contributed by atoms with van der Waals surface area (Å²) in [6, 6.07) is 15.0. The number of nitrogens with zero attached hydrogens (tertiary/aromatic N) is 1. The first kappa shape index (κ1) is 13.0. The third-order valence-corrected chi connectivity index (χ3v) is 4.26. The fraction of sp³-hybridized carbons (Fsp3) is 0.333. The average molecular weight is 267 g/mol. The Hall–Kier alpha value is -1.96. The van der Waals surface area contributed by atoms with E-state index in [1.165, 1.54) is 16.8 Å². The van der Waals surface area contributed by atoms with Gasteiger partial charge in [-0.1, -0.05) is 24.3 Å². The third kappa shape index (κ3) is 2.15. The largest absolute Gasteiger partial charge is 0.508 e. The maximum atomic E-state index is 10.00.